The van der Waals surface area contributed by atoms with E-state index in [9.17, 15) is 13.2 Å². The summed E-state index contributed by atoms with van der Waals surface area (Å²) in [5.74, 6) is 0.501. The summed E-state index contributed by atoms with van der Waals surface area (Å²) in [5, 5.41) is 0. The molecule has 27 heavy (non-hydrogen) atoms. The van der Waals surface area contributed by atoms with E-state index in [0.717, 1.165) is 38.0 Å². The Hall–Kier alpha value is -1.44. The number of benzene rings is 1. The number of amides is 1. The van der Waals surface area contributed by atoms with Gasteiger partial charge >= 0.3 is 0 Å². The molecule has 1 aromatic carbocycles. The van der Waals surface area contributed by atoms with Crippen molar-refractivity contribution in [1.29, 1.82) is 0 Å². The maximum Gasteiger partial charge on any atom is 0.254 e. The number of likely N-dealkylation sites (N-methyl/N-ethyl adjacent to an activating group) is 1. The van der Waals surface area contributed by atoms with E-state index in [1.807, 2.05) is 11.8 Å². The van der Waals surface area contributed by atoms with Crippen molar-refractivity contribution in [2.45, 2.75) is 38.5 Å². The fraction of sp³-hybridized carbons (Fsp3) is 0.650. The Labute approximate surface area is 163 Å². The Morgan fingerprint density at radius 2 is 1.70 bits per heavy atom. The van der Waals surface area contributed by atoms with Crippen molar-refractivity contribution in [3.05, 3.63) is 29.3 Å². The van der Waals surface area contributed by atoms with Crippen LogP contribution >= 0.6 is 0 Å². The van der Waals surface area contributed by atoms with Gasteiger partial charge < -0.3 is 9.80 Å². The smallest absolute Gasteiger partial charge is 0.254 e. The largest absolute Gasteiger partial charge is 0.336 e. The molecule has 2 aliphatic heterocycles. The van der Waals surface area contributed by atoms with Crippen LogP contribution in [0.4, 0.5) is 0 Å². The van der Waals surface area contributed by atoms with Crippen LogP contribution in [-0.4, -0.2) is 74.2 Å². The standard InChI is InChI=1S/C20H31N3O3S/c1-4-21-11-13-22(14-12-21)20(24)19-15-18(6-5-17(19)3)27(25,26)23-9-7-16(2)8-10-23/h5-6,15-16H,4,7-14H2,1-3H3. The van der Waals surface area contributed by atoms with Gasteiger partial charge in [0.25, 0.3) is 5.91 Å². The molecule has 0 unspecified atom stereocenters. The Morgan fingerprint density at radius 3 is 2.30 bits per heavy atom. The zero-order chi connectivity index (χ0) is 19.6. The van der Waals surface area contributed by atoms with Gasteiger partial charge in [-0.05, 0) is 49.9 Å². The van der Waals surface area contributed by atoms with Gasteiger partial charge in [-0.2, -0.15) is 4.31 Å². The molecule has 0 bridgehead atoms. The van der Waals surface area contributed by atoms with Gasteiger partial charge in [-0.15, -0.1) is 0 Å². The third kappa shape index (κ3) is 4.36. The second-order valence-corrected chi connectivity index (χ2v) is 9.73. The molecule has 0 spiro atoms. The van der Waals surface area contributed by atoms with Gasteiger partial charge in [-0.25, -0.2) is 8.42 Å². The normalized spacial score (nSPS) is 20.8. The van der Waals surface area contributed by atoms with Crippen LogP contribution in [0.5, 0.6) is 0 Å². The van der Waals surface area contributed by atoms with Crippen molar-refractivity contribution in [3.8, 4) is 0 Å². The molecule has 1 aromatic rings. The van der Waals surface area contributed by atoms with Crippen molar-refractivity contribution >= 4 is 15.9 Å². The summed E-state index contributed by atoms with van der Waals surface area (Å²) >= 11 is 0. The highest BCUT2D eigenvalue weighted by molar-refractivity contribution is 7.89. The number of hydrogen-bond donors (Lipinski definition) is 0. The SMILES string of the molecule is CCN1CCN(C(=O)c2cc(S(=O)(=O)N3CCC(C)CC3)ccc2C)CC1. The number of carbonyl (C=O) groups is 1. The second kappa shape index (κ2) is 8.29. The lowest BCUT2D eigenvalue weighted by molar-refractivity contribution is 0.0642. The average molecular weight is 394 g/mol. The van der Waals surface area contributed by atoms with Crippen LogP contribution in [0.1, 0.15) is 42.6 Å². The van der Waals surface area contributed by atoms with E-state index in [4.69, 9.17) is 0 Å². The summed E-state index contributed by atoms with van der Waals surface area (Å²) in [6, 6.07) is 4.97. The maximum atomic E-state index is 13.0. The predicted octanol–water partition coefficient (Wildman–Crippen LogP) is 2.19. The number of carbonyl (C=O) groups excluding carboxylic acids is 1. The van der Waals surface area contributed by atoms with Crippen LogP contribution < -0.4 is 0 Å². The molecule has 1 amide bonds. The molecule has 6 nitrogen and oxygen atoms in total. The molecule has 0 aliphatic carbocycles. The zero-order valence-electron chi connectivity index (χ0n) is 16.6. The molecule has 150 valence electrons. The summed E-state index contributed by atoms with van der Waals surface area (Å²) in [4.78, 5) is 17.4. The maximum absolute atomic E-state index is 13.0. The van der Waals surface area contributed by atoms with Gasteiger partial charge in [0.1, 0.15) is 0 Å². The van der Waals surface area contributed by atoms with E-state index >= 15 is 0 Å². The number of rotatable bonds is 4. The Kier molecular flexibility index (Phi) is 6.23. The Bertz CT molecular complexity index is 778. The van der Waals surface area contributed by atoms with Crippen LogP contribution in [0.2, 0.25) is 0 Å². The fourth-order valence-corrected chi connectivity index (χ4v) is 5.30. The minimum atomic E-state index is -3.55. The highest BCUT2D eigenvalue weighted by Crippen LogP contribution is 2.25. The van der Waals surface area contributed by atoms with E-state index < -0.39 is 10.0 Å². The third-order valence-electron chi connectivity index (χ3n) is 5.93. The molecule has 2 aliphatic rings. The van der Waals surface area contributed by atoms with Gasteiger partial charge in [0, 0.05) is 44.8 Å². The molecule has 0 aromatic heterocycles. The molecule has 0 atom stereocenters. The molecule has 7 heteroatoms. The first-order chi connectivity index (χ1) is 12.8. The summed E-state index contributed by atoms with van der Waals surface area (Å²) in [7, 11) is -3.55. The highest BCUT2D eigenvalue weighted by Gasteiger charge is 2.30. The lowest BCUT2D eigenvalue weighted by Crippen LogP contribution is -2.48. The second-order valence-electron chi connectivity index (χ2n) is 7.79. The molecule has 0 saturated carbocycles. The lowest BCUT2D eigenvalue weighted by Gasteiger charge is -2.34. The quantitative estimate of drug-likeness (QED) is 0.787. The van der Waals surface area contributed by atoms with E-state index in [-0.39, 0.29) is 10.8 Å². The fourth-order valence-electron chi connectivity index (χ4n) is 3.80. The molecule has 0 radical (unpaired) electrons. The third-order valence-corrected chi connectivity index (χ3v) is 7.82. The van der Waals surface area contributed by atoms with Crippen molar-refractivity contribution in [2.75, 3.05) is 45.8 Å². The van der Waals surface area contributed by atoms with Gasteiger partial charge in [0.15, 0.2) is 0 Å². The predicted molar refractivity (Wildman–Crippen MR) is 106 cm³/mol. The summed E-state index contributed by atoms with van der Waals surface area (Å²) in [5.41, 5.74) is 1.33. The summed E-state index contributed by atoms with van der Waals surface area (Å²) in [6.07, 6.45) is 1.77. The molecular weight excluding hydrogens is 362 g/mol. The minimum absolute atomic E-state index is 0.0624. The molecule has 3 rings (SSSR count). The first-order valence-electron chi connectivity index (χ1n) is 9.95. The van der Waals surface area contributed by atoms with Crippen molar-refractivity contribution in [3.63, 3.8) is 0 Å². The minimum Gasteiger partial charge on any atom is -0.336 e. The number of piperidine rings is 1. The van der Waals surface area contributed by atoms with Crippen molar-refractivity contribution in [2.24, 2.45) is 5.92 Å². The molecule has 2 heterocycles. The first-order valence-corrected chi connectivity index (χ1v) is 11.4. The first kappa shape index (κ1) is 20.3. The van der Waals surface area contributed by atoms with Crippen LogP contribution in [0.15, 0.2) is 23.1 Å². The number of aryl methyl sites for hydroxylation is 1. The van der Waals surface area contributed by atoms with Crippen LogP contribution in [0.25, 0.3) is 0 Å². The van der Waals surface area contributed by atoms with E-state index in [2.05, 4.69) is 18.7 Å². The van der Waals surface area contributed by atoms with E-state index in [0.29, 0.717) is 37.7 Å². The van der Waals surface area contributed by atoms with Crippen LogP contribution in [0, 0.1) is 12.8 Å². The van der Waals surface area contributed by atoms with Crippen molar-refractivity contribution in [1.82, 2.24) is 14.1 Å². The van der Waals surface area contributed by atoms with Gasteiger partial charge in [0.05, 0.1) is 4.90 Å². The van der Waals surface area contributed by atoms with Gasteiger partial charge in [0.2, 0.25) is 10.0 Å². The number of piperazine rings is 1. The summed E-state index contributed by atoms with van der Waals surface area (Å²) in [6.45, 7) is 11.4. The Balaban J connectivity index is 1.81. The summed E-state index contributed by atoms with van der Waals surface area (Å²) < 4.78 is 27.6. The van der Waals surface area contributed by atoms with Crippen LogP contribution in [0.3, 0.4) is 0 Å². The van der Waals surface area contributed by atoms with Crippen molar-refractivity contribution < 1.29 is 13.2 Å². The Morgan fingerprint density at radius 1 is 1.07 bits per heavy atom. The molecule has 2 fully saturated rings. The monoisotopic (exact) mass is 393 g/mol. The molecule has 2 saturated heterocycles. The van der Waals surface area contributed by atoms with Crippen LogP contribution in [-0.2, 0) is 10.0 Å². The number of nitrogens with zero attached hydrogens (tertiary/aromatic N) is 3. The molecular formula is C20H31N3O3S. The lowest BCUT2D eigenvalue weighted by atomic mass is 10.0. The zero-order valence-corrected chi connectivity index (χ0v) is 17.5. The van der Waals surface area contributed by atoms with E-state index in [1.54, 1.807) is 22.5 Å². The average Bonchev–Trinajstić information content (AvgIpc) is 2.68. The number of hydrogen-bond acceptors (Lipinski definition) is 4. The number of sulfonamides is 1. The highest BCUT2D eigenvalue weighted by atomic mass is 32.2. The topological polar surface area (TPSA) is 60.9 Å². The molecule has 0 N–H and O–H groups in total. The van der Waals surface area contributed by atoms with Gasteiger partial charge in [-0.1, -0.05) is 19.9 Å². The van der Waals surface area contributed by atoms with Gasteiger partial charge in [-0.3, -0.25) is 4.79 Å². The van der Waals surface area contributed by atoms with E-state index in [1.165, 1.54) is 0 Å².